The summed E-state index contributed by atoms with van der Waals surface area (Å²) in [6.07, 6.45) is -5.43. The summed E-state index contributed by atoms with van der Waals surface area (Å²) in [4.78, 5) is 0.959. The number of rotatable bonds is 6. The van der Waals surface area contributed by atoms with Crippen LogP contribution in [0.5, 0.6) is 0 Å². The summed E-state index contributed by atoms with van der Waals surface area (Å²) in [6.45, 7) is -1.92. The van der Waals surface area contributed by atoms with Crippen molar-refractivity contribution in [2.75, 3.05) is 32.0 Å². The Bertz CT molecular complexity index is 382. The highest BCUT2D eigenvalue weighted by molar-refractivity contribution is 5.39. The lowest BCUT2D eigenvalue weighted by Crippen LogP contribution is -2.38. The van der Waals surface area contributed by atoms with E-state index in [4.69, 9.17) is 10.8 Å². The smallest absolute Gasteiger partial charge is 0.399 e. The lowest BCUT2D eigenvalue weighted by atomic mass is 10.1. The zero-order valence-electron chi connectivity index (χ0n) is 10.3. The van der Waals surface area contributed by atoms with Crippen molar-refractivity contribution in [1.82, 2.24) is 4.90 Å². The van der Waals surface area contributed by atoms with Crippen molar-refractivity contribution < 1.29 is 23.4 Å². The molecule has 108 valence electrons. The van der Waals surface area contributed by atoms with Crippen LogP contribution in [0.4, 0.5) is 18.9 Å². The highest BCUT2D eigenvalue weighted by Crippen LogP contribution is 2.20. The molecule has 7 heteroatoms. The highest BCUT2D eigenvalue weighted by Gasteiger charge is 2.31. The molecule has 0 saturated carbocycles. The number of nitrogen functional groups attached to an aromatic ring is 1. The van der Waals surface area contributed by atoms with Crippen molar-refractivity contribution in [3.63, 3.8) is 0 Å². The zero-order chi connectivity index (χ0) is 14.5. The fraction of sp³-hybridized carbons (Fsp3) is 0.500. The minimum atomic E-state index is -4.37. The lowest BCUT2D eigenvalue weighted by Gasteiger charge is -2.25. The van der Waals surface area contributed by atoms with Crippen molar-refractivity contribution in [3.05, 3.63) is 29.8 Å². The van der Waals surface area contributed by atoms with E-state index in [1.54, 1.807) is 24.3 Å². The van der Waals surface area contributed by atoms with E-state index in [0.29, 0.717) is 11.3 Å². The number of benzene rings is 1. The average Bonchev–Trinajstić information content (AvgIpc) is 2.27. The number of nitrogens with zero attached hydrogens (tertiary/aromatic N) is 1. The number of anilines is 1. The van der Waals surface area contributed by atoms with Gasteiger partial charge in [0.05, 0.1) is 19.3 Å². The van der Waals surface area contributed by atoms with E-state index in [1.165, 1.54) is 0 Å². The number of nitrogens with two attached hydrogens (primary N) is 1. The Kier molecular flexibility index (Phi) is 5.59. The zero-order valence-corrected chi connectivity index (χ0v) is 10.3. The summed E-state index contributed by atoms with van der Waals surface area (Å²) < 4.78 is 36.9. The van der Waals surface area contributed by atoms with Crippen LogP contribution in [0.15, 0.2) is 24.3 Å². The fourth-order valence-electron chi connectivity index (χ4n) is 1.70. The second kappa shape index (κ2) is 6.74. The predicted octanol–water partition coefficient (Wildman–Crippen LogP) is 1.16. The van der Waals surface area contributed by atoms with E-state index in [2.05, 4.69) is 0 Å². The van der Waals surface area contributed by atoms with Gasteiger partial charge in [0, 0.05) is 18.8 Å². The van der Waals surface area contributed by atoms with Crippen LogP contribution in [0.1, 0.15) is 11.7 Å². The van der Waals surface area contributed by atoms with E-state index in [0.717, 1.165) is 4.90 Å². The summed E-state index contributed by atoms with van der Waals surface area (Å²) in [5.41, 5.74) is 6.48. The molecular formula is C12H17F3N2O2. The van der Waals surface area contributed by atoms with E-state index in [9.17, 15) is 18.3 Å². The third-order valence-electron chi connectivity index (χ3n) is 2.57. The minimum Gasteiger partial charge on any atom is -0.399 e. The Labute approximate surface area is 109 Å². The van der Waals surface area contributed by atoms with Crippen LogP contribution >= 0.6 is 0 Å². The average molecular weight is 278 g/mol. The van der Waals surface area contributed by atoms with Crippen LogP contribution in [0, 0.1) is 0 Å². The molecule has 0 amide bonds. The molecule has 19 heavy (non-hydrogen) atoms. The topological polar surface area (TPSA) is 69.7 Å². The quantitative estimate of drug-likeness (QED) is 0.683. The minimum absolute atomic E-state index is 0.147. The molecule has 1 unspecified atom stereocenters. The molecule has 0 fully saturated rings. The van der Waals surface area contributed by atoms with Gasteiger partial charge in [-0.2, -0.15) is 13.2 Å². The molecule has 0 aromatic heterocycles. The number of aliphatic hydroxyl groups excluding tert-OH is 2. The van der Waals surface area contributed by atoms with E-state index in [1.807, 2.05) is 0 Å². The molecule has 1 aromatic carbocycles. The van der Waals surface area contributed by atoms with Crippen LogP contribution in [0.2, 0.25) is 0 Å². The molecule has 0 saturated heterocycles. The van der Waals surface area contributed by atoms with Gasteiger partial charge in [0.15, 0.2) is 0 Å². The molecule has 0 aliphatic heterocycles. The molecule has 0 heterocycles. The van der Waals surface area contributed by atoms with Gasteiger partial charge in [0.25, 0.3) is 0 Å². The summed E-state index contributed by atoms with van der Waals surface area (Å²) in [5.74, 6) is 0. The second-order valence-electron chi connectivity index (χ2n) is 4.26. The van der Waals surface area contributed by atoms with Gasteiger partial charge in [-0.05, 0) is 17.7 Å². The highest BCUT2D eigenvalue weighted by atomic mass is 19.4. The Hall–Kier alpha value is -1.31. The first kappa shape index (κ1) is 15.7. The summed E-state index contributed by atoms with van der Waals surface area (Å²) in [7, 11) is 0. The van der Waals surface area contributed by atoms with Crippen molar-refractivity contribution >= 4 is 5.69 Å². The normalized spacial score (nSPS) is 13.8. The van der Waals surface area contributed by atoms with Crippen molar-refractivity contribution in [3.8, 4) is 0 Å². The summed E-state index contributed by atoms with van der Waals surface area (Å²) >= 11 is 0. The molecule has 0 bridgehead atoms. The second-order valence-corrected chi connectivity index (χ2v) is 4.26. The molecule has 0 aliphatic rings. The van der Waals surface area contributed by atoms with Crippen molar-refractivity contribution in [1.29, 1.82) is 0 Å². The van der Waals surface area contributed by atoms with Gasteiger partial charge in [-0.15, -0.1) is 0 Å². The third kappa shape index (κ3) is 5.91. The fourth-order valence-corrected chi connectivity index (χ4v) is 1.70. The van der Waals surface area contributed by atoms with E-state index < -0.39 is 25.4 Å². The maximum atomic E-state index is 12.3. The molecule has 1 atom stereocenters. The molecular weight excluding hydrogens is 261 g/mol. The van der Waals surface area contributed by atoms with Crippen LogP contribution in [-0.4, -0.2) is 47.5 Å². The Morgan fingerprint density at radius 3 is 2.26 bits per heavy atom. The van der Waals surface area contributed by atoms with Gasteiger partial charge in [0.1, 0.15) is 0 Å². The molecule has 0 spiro atoms. The van der Waals surface area contributed by atoms with Crippen LogP contribution in [0.3, 0.4) is 0 Å². The van der Waals surface area contributed by atoms with Crippen molar-refractivity contribution in [2.24, 2.45) is 0 Å². The number of hydrogen-bond acceptors (Lipinski definition) is 4. The standard InChI is InChI=1S/C12H17F3N2O2/c13-12(14,15)8-17(5-6-18)7-11(19)9-1-3-10(16)4-2-9/h1-4,11,18-19H,5-8,16H2. The lowest BCUT2D eigenvalue weighted by molar-refractivity contribution is -0.149. The molecule has 4 N–H and O–H groups in total. The molecule has 0 radical (unpaired) electrons. The van der Waals surface area contributed by atoms with E-state index in [-0.39, 0.29) is 13.1 Å². The number of aliphatic hydroxyl groups is 2. The third-order valence-corrected chi connectivity index (χ3v) is 2.57. The number of alkyl halides is 3. The maximum absolute atomic E-state index is 12.3. The molecule has 1 aromatic rings. The van der Waals surface area contributed by atoms with Gasteiger partial charge < -0.3 is 15.9 Å². The van der Waals surface area contributed by atoms with Gasteiger partial charge in [-0.1, -0.05) is 12.1 Å². The molecule has 1 rings (SSSR count). The first-order valence-electron chi connectivity index (χ1n) is 5.75. The number of halogens is 3. The first-order chi connectivity index (χ1) is 8.81. The van der Waals surface area contributed by atoms with Crippen molar-refractivity contribution in [2.45, 2.75) is 12.3 Å². The largest absolute Gasteiger partial charge is 0.401 e. The van der Waals surface area contributed by atoms with Gasteiger partial charge >= 0.3 is 6.18 Å². The Morgan fingerprint density at radius 1 is 1.21 bits per heavy atom. The van der Waals surface area contributed by atoms with Gasteiger partial charge in [-0.25, -0.2) is 0 Å². The van der Waals surface area contributed by atoms with Crippen LogP contribution in [0.25, 0.3) is 0 Å². The molecule has 4 nitrogen and oxygen atoms in total. The SMILES string of the molecule is Nc1ccc(C(O)CN(CCO)CC(F)(F)F)cc1. The van der Waals surface area contributed by atoms with Gasteiger partial charge in [0.2, 0.25) is 0 Å². The molecule has 0 aliphatic carbocycles. The van der Waals surface area contributed by atoms with Crippen LogP contribution < -0.4 is 5.73 Å². The maximum Gasteiger partial charge on any atom is 0.401 e. The Balaban J connectivity index is 2.65. The summed E-state index contributed by atoms with van der Waals surface area (Å²) in [6, 6.07) is 6.26. The number of hydrogen-bond donors (Lipinski definition) is 3. The van der Waals surface area contributed by atoms with E-state index >= 15 is 0 Å². The first-order valence-corrected chi connectivity index (χ1v) is 5.75. The monoisotopic (exact) mass is 278 g/mol. The van der Waals surface area contributed by atoms with Gasteiger partial charge in [-0.3, -0.25) is 4.90 Å². The summed E-state index contributed by atoms with van der Waals surface area (Å²) in [5, 5.41) is 18.6. The van der Waals surface area contributed by atoms with Crippen LogP contribution in [-0.2, 0) is 0 Å². The predicted molar refractivity (Wildman–Crippen MR) is 65.4 cm³/mol. The Morgan fingerprint density at radius 2 is 1.79 bits per heavy atom.